The average molecular weight is 308 g/mol. The molecule has 3 N–H and O–H groups in total. The van der Waals surface area contributed by atoms with Crippen molar-refractivity contribution in [3.05, 3.63) is 40.5 Å². The minimum absolute atomic E-state index is 0.600. The molecule has 0 radical (unpaired) electrons. The molecule has 0 aliphatic heterocycles. The number of anilines is 3. The molecule has 5 heteroatoms. The molecule has 0 saturated heterocycles. The fourth-order valence-electron chi connectivity index (χ4n) is 1.57. The number of ether oxygens (including phenoxy) is 1. The van der Waals surface area contributed by atoms with Crippen LogP contribution in [-0.4, -0.2) is 12.1 Å². The Balaban J connectivity index is 2.38. The number of aromatic nitrogens is 1. The lowest BCUT2D eigenvalue weighted by Gasteiger charge is -2.12. The van der Waals surface area contributed by atoms with E-state index in [-0.39, 0.29) is 0 Å². The van der Waals surface area contributed by atoms with E-state index >= 15 is 0 Å². The summed E-state index contributed by atoms with van der Waals surface area (Å²) in [5.74, 6) is 1.37. The maximum Gasteiger partial charge on any atom is 0.153 e. The topological polar surface area (TPSA) is 60.2 Å². The van der Waals surface area contributed by atoms with Gasteiger partial charge < -0.3 is 15.8 Å². The molecule has 94 valence electrons. The van der Waals surface area contributed by atoms with Gasteiger partial charge in [0.2, 0.25) is 0 Å². The molecular formula is C13H14BrN3O. The molecule has 0 bridgehead atoms. The number of nitrogens with one attached hydrogen (secondary N) is 1. The fraction of sp³-hybridized carbons (Fsp3) is 0.154. The van der Waals surface area contributed by atoms with Gasteiger partial charge in [-0.2, -0.15) is 0 Å². The Kier molecular flexibility index (Phi) is 3.72. The lowest BCUT2D eigenvalue weighted by atomic mass is 10.2. The molecule has 1 aromatic heterocycles. The van der Waals surface area contributed by atoms with Crippen LogP contribution in [0.15, 0.2) is 34.8 Å². The lowest BCUT2D eigenvalue weighted by Crippen LogP contribution is -2.01. The van der Waals surface area contributed by atoms with Crippen LogP contribution in [0.25, 0.3) is 0 Å². The third kappa shape index (κ3) is 2.73. The second-order valence-electron chi connectivity index (χ2n) is 3.86. The van der Waals surface area contributed by atoms with Crippen molar-refractivity contribution in [3.63, 3.8) is 0 Å². The summed E-state index contributed by atoms with van der Waals surface area (Å²) in [5, 5.41) is 3.18. The first kappa shape index (κ1) is 12.7. The van der Waals surface area contributed by atoms with Crippen molar-refractivity contribution in [2.45, 2.75) is 6.92 Å². The molecule has 1 aromatic carbocycles. The number of benzene rings is 1. The van der Waals surface area contributed by atoms with E-state index in [0.717, 1.165) is 21.6 Å². The summed E-state index contributed by atoms with van der Waals surface area (Å²) >= 11 is 3.42. The molecule has 0 unspecified atom stereocenters. The predicted molar refractivity (Wildman–Crippen MR) is 77.4 cm³/mol. The van der Waals surface area contributed by atoms with Gasteiger partial charge in [-0.25, -0.2) is 4.98 Å². The third-order valence-corrected chi connectivity index (χ3v) is 2.97. The maximum absolute atomic E-state index is 5.89. The highest BCUT2D eigenvalue weighted by atomic mass is 79.9. The number of methoxy groups -OCH3 is 1. The number of hydrogen-bond donors (Lipinski definition) is 2. The number of hydrogen-bond acceptors (Lipinski definition) is 4. The number of pyridine rings is 1. The number of nitrogens with zero attached hydrogens (tertiary/aromatic N) is 1. The monoisotopic (exact) mass is 307 g/mol. The van der Waals surface area contributed by atoms with Crippen molar-refractivity contribution >= 4 is 33.1 Å². The molecule has 0 aliphatic carbocycles. The summed E-state index contributed by atoms with van der Waals surface area (Å²) in [5.41, 5.74) is 8.21. The van der Waals surface area contributed by atoms with Crippen LogP contribution >= 0.6 is 15.9 Å². The quantitative estimate of drug-likeness (QED) is 0.911. The maximum atomic E-state index is 5.89. The summed E-state index contributed by atoms with van der Waals surface area (Å²) in [6.45, 7) is 1.92. The first-order chi connectivity index (χ1) is 8.60. The number of nitrogens with two attached hydrogens (primary N) is 1. The van der Waals surface area contributed by atoms with Crippen LogP contribution in [0.5, 0.6) is 5.75 Å². The smallest absolute Gasteiger partial charge is 0.153 e. The van der Waals surface area contributed by atoms with E-state index in [0.29, 0.717) is 11.5 Å². The van der Waals surface area contributed by atoms with Crippen molar-refractivity contribution in [1.82, 2.24) is 4.98 Å². The van der Waals surface area contributed by atoms with E-state index < -0.39 is 0 Å². The van der Waals surface area contributed by atoms with Gasteiger partial charge in [0.15, 0.2) is 5.82 Å². The highest BCUT2D eigenvalue weighted by molar-refractivity contribution is 9.10. The molecule has 0 saturated carbocycles. The standard InChI is InChI=1S/C13H14BrN3O/c1-8-3-5-10(15)13(16-8)17-11-7-9(14)4-6-12(11)18-2/h3-7H,15H2,1-2H3,(H,16,17). The molecule has 0 amide bonds. The van der Waals surface area contributed by atoms with Crippen LogP contribution in [0.2, 0.25) is 0 Å². The molecule has 4 nitrogen and oxygen atoms in total. The van der Waals surface area contributed by atoms with Gasteiger partial charge in [-0.05, 0) is 37.3 Å². The summed E-state index contributed by atoms with van der Waals surface area (Å²) in [6, 6.07) is 9.41. The van der Waals surface area contributed by atoms with Crippen molar-refractivity contribution in [1.29, 1.82) is 0 Å². The Morgan fingerprint density at radius 3 is 2.78 bits per heavy atom. The molecule has 0 spiro atoms. The zero-order chi connectivity index (χ0) is 13.1. The molecular weight excluding hydrogens is 294 g/mol. The van der Waals surface area contributed by atoms with Crippen LogP contribution in [0, 0.1) is 6.92 Å². The van der Waals surface area contributed by atoms with Gasteiger partial charge in [0.1, 0.15) is 5.75 Å². The summed E-state index contributed by atoms with van der Waals surface area (Å²) in [4.78, 5) is 4.37. The van der Waals surface area contributed by atoms with Gasteiger partial charge >= 0.3 is 0 Å². The Morgan fingerprint density at radius 1 is 1.28 bits per heavy atom. The zero-order valence-corrected chi connectivity index (χ0v) is 11.8. The van der Waals surface area contributed by atoms with E-state index in [1.54, 1.807) is 7.11 Å². The van der Waals surface area contributed by atoms with Crippen LogP contribution in [-0.2, 0) is 0 Å². The Morgan fingerprint density at radius 2 is 2.06 bits per heavy atom. The molecule has 0 fully saturated rings. The molecule has 0 atom stereocenters. The summed E-state index contributed by atoms with van der Waals surface area (Å²) in [7, 11) is 1.63. The number of aryl methyl sites for hydroxylation is 1. The lowest BCUT2D eigenvalue weighted by molar-refractivity contribution is 0.416. The summed E-state index contributed by atoms with van der Waals surface area (Å²) < 4.78 is 6.25. The second kappa shape index (κ2) is 5.27. The van der Waals surface area contributed by atoms with Crippen molar-refractivity contribution < 1.29 is 4.74 Å². The molecule has 1 heterocycles. The first-order valence-electron chi connectivity index (χ1n) is 5.44. The number of rotatable bonds is 3. The van der Waals surface area contributed by atoms with Crippen molar-refractivity contribution in [2.24, 2.45) is 0 Å². The SMILES string of the molecule is COc1ccc(Br)cc1Nc1nc(C)ccc1N. The Labute approximate surface area is 114 Å². The summed E-state index contributed by atoms with van der Waals surface area (Å²) in [6.07, 6.45) is 0. The van der Waals surface area contributed by atoms with Gasteiger partial charge in [-0.1, -0.05) is 15.9 Å². The number of halogens is 1. The molecule has 18 heavy (non-hydrogen) atoms. The highest BCUT2D eigenvalue weighted by Gasteiger charge is 2.07. The minimum Gasteiger partial charge on any atom is -0.495 e. The zero-order valence-electron chi connectivity index (χ0n) is 10.2. The Hall–Kier alpha value is -1.75. The Bertz CT molecular complexity index is 572. The van der Waals surface area contributed by atoms with Gasteiger partial charge in [-0.3, -0.25) is 0 Å². The van der Waals surface area contributed by atoms with E-state index in [1.807, 2.05) is 37.3 Å². The van der Waals surface area contributed by atoms with Crippen molar-refractivity contribution in [2.75, 3.05) is 18.2 Å². The average Bonchev–Trinajstić information content (AvgIpc) is 2.34. The normalized spacial score (nSPS) is 10.2. The van der Waals surface area contributed by atoms with E-state index in [9.17, 15) is 0 Å². The van der Waals surface area contributed by atoms with Crippen molar-refractivity contribution in [3.8, 4) is 5.75 Å². The van der Waals surface area contributed by atoms with Gasteiger partial charge in [0.05, 0.1) is 18.5 Å². The van der Waals surface area contributed by atoms with E-state index in [2.05, 4.69) is 26.2 Å². The van der Waals surface area contributed by atoms with Crippen LogP contribution < -0.4 is 15.8 Å². The largest absolute Gasteiger partial charge is 0.495 e. The molecule has 2 aromatic rings. The minimum atomic E-state index is 0.600. The van der Waals surface area contributed by atoms with Crippen LogP contribution in [0.1, 0.15) is 5.69 Å². The number of nitrogen functional groups attached to an aromatic ring is 1. The highest BCUT2D eigenvalue weighted by Crippen LogP contribution is 2.31. The fourth-order valence-corrected chi connectivity index (χ4v) is 1.93. The third-order valence-electron chi connectivity index (χ3n) is 2.48. The van der Waals surface area contributed by atoms with E-state index in [1.165, 1.54) is 0 Å². The first-order valence-corrected chi connectivity index (χ1v) is 6.23. The second-order valence-corrected chi connectivity index (χ2v) is 4.78. The molecule has 2 rings (SSSR count). The van der Waals surface area contributed by atoms with Crippen LogP contribution in [0.4, 0.5) is 17.2 Å². The van der Waals surface area contributed by atoms with Gasteiger partial charge in [-0.15, -0.1) is 0 Å². The molecule has 0 aliphatic rings. The van der Waals surface area contributed by atoms with E-state index in [4.69, 9.17) is 10.5 Å². The predicted octanol–water partition coefficient (Wildman–Crippen LogP) is 3.49. The van der Waals surface area contributed by atoms with Gasteiger partial charge in [0, 0.05) is 10.2 Å². The van der Waals surface area contributed by atoms with Gasteiger partial charge in [0.25, 0.3) is 0 Å². The van der Waals surface area contributed by atoms with Crippen LogP contribution in [0.3, 0.4) is 0 Å².